The highest BCUT2D eigenvalue weighted by atomic mass is 35.5. The predicted octanol–water partition coefficient (Wildman–Crippen LogP) is 5.46. The molecule has 0 aliphatic rings. The fraction of sp³-hybridized carbons (Fsp3) is 0.0476. The molecule has 29 heavy (non-hydrogen) atoms. The van der Waals surface area contributed by atoms with Gasteiger partial charge in [0.25, 0.3) is 5.91 Å². The van der Waals surface area contributed by atoms with Crippen LogP contribution < -0.4 is 10.2 Å². The second-order valence-corrected chi connectivity index (χ2v) is 6.22. The highest BCUT2D eigenvalue weighted by Crippen LogP contribution is 2.19. The zero-order chi connectivity index (χ0) is 20.6. The fourth-order valence-corrected chi connectivity index (χ4v) is 2.39. The van der Waals surface area contributed by atoms with Crippen LogP contribution >= 0.6 is 11.6 Å². The third-order valence-corrected chi connectivity index (χ3v) is 4.03. The molecule has 1 amide bonds. The average Bonchev–Trinajstić information content (AvgIpc) is 2.77. The summed E-state index contributed by atoms with van der Waals surface area (Å²) in [4.78, 5) is 29.1. The summed E-state index contributed by atoms with van der Waals surface area (Å²) in [6, 6.07) is 19.5. The number of nitrogens with one attached hydrogen (secondary N) is 1. The van der Waals surface area contributed by atoms with Crippen LogP contribution in [0.4, 0.5) is 11.4 Å². The lowest BCUT2D eigenvalue weighted by Crippen LogP contribution is -2.10. The molecule has 0 heterocycles. The third kappa shape index (κ3) is 5.63. The van der Waals surface area contributed by atoms with Crippen LogP contribution in [0, 0.1) is 0 Å². The number of rotatable bonds is 6. The largest absolute Gasteiger partial charge is 0.497 e. The van der Waals surface area contributed by atoms with Gasteiger partial charge in [-0.25, -0.2) is 10.3 Å². The van der Waals surface area contributed by atoms with Crippen LogP contribution in [0.5, 0.6) is 5.75 Å². The van der Waals surface area contributed by atoms with E-state index in [1.165, 1.54) is 7.11 Å². The zero-order valence-corrected chi connectivity index (χ0v) is 16.1. The quantitative estimate of drug-likeness (QED) is 0.431. The number of amides is 1. The van der Waals surface area contributed by atoms with Crippen molar-refractivity contribution in [2.45, 2.75) is 0 Å². The smallest absolute Gasteiger partial charge is 0.362 e. The third-order valence-electron chi connectivity index (χ3n) is 3.78. The average molecular weight is 410 g/mol. The molecule has 1 N–H and O–H groups in total. The minimum absolute atomic E-state index is 0.350. The molecular weight excluding hydrogens is 394 g/mol. The summed E-state index contributed by atoms with van der Waals surface area (Å²) in [7, 11) is 1.52. The van der Waals surface area contributed by atoms with Gasteiger partial charge in [0.2, 0.25) is 0 Å². The second kappa shape index (κ2) is 9.48. The van der Waals surface area contributed by atoms with Crippen LogP contribution in [0.3, 0.4) is 0 Å². The molecule has 0 saturated heterocycles. The van der Waals surface area contributed by atoms with Crippen molar-refractivity contribution in [1.29, 1.82) is 0 Å². The number of anilines is 1. The van der Waals surface area contributed by atoms with Gasteiger partial charge in [0.15, 0.2) is 0 Å². The van der Waals surface area contributed by atoms with Crippen molar-refractivity contribution in [2.24, 2.45) is 10.2 Å². The van der Waals surface area contributed by atoms with Crippen molar-refractivity contribution in [3.63, 3.8) is 0 Å². The van der Waals surface area contributed by atoms with Crippen LogP contribution in [0.25, 0.3) is 0 Å². The Morgan fingerprint density at radius 2 is 1.66 bits per heavy atom. The van der Waals surface area contributed by atoms with Gasteiger partial charge in [0.05, 0.1) is 24.0 Å². The molecule has 0 unspecified atom stereocenters. The maximum atomic E-state index is 12.1. The lowest BCUT2D eigenvalue weighted by atomic mass is 10.2. The van der Waals surface area contributed by atoms with E-state index in [-0.39, 0.29) is 0 Å². The molecule has 0 aliphatic heterocycles. The number of carbonyl (C=O) groups excluding carboxylic acids is 2. The zero-order valence-electron chi connectivity index (χ0n) is 15.3. The molecule has 0 spiro atoms. The topological polar surface area (TPSA) is 89.3 Å². The van der Waals surface area contributed by atoms with E-state index in [1.54, 1.807) is 72.8 Å². The van der Waals surface area contributed by atoms with Gasteiger partial charge in [-0.3, -0.25) is 4.79 Å². The number of halogens is 1. The summed E-state index contributed by atoms with van der Waals surface area (Å²) in [6.07, 6.45) is 0. The normalized spacial score (nSPS) is 10.6. The molecule has 0 bridgehead atoms. The van der Waals surface area contributed by atoms with Crippen LogP contribution in [0.15, 0.2) is 83.0 Å². The number of carbonyl (C=O) groups is 2. The van der Waals surface area contributed by atoms with E-state index < -0.39 is 11.9 Å². The molecule has 8 heteroatoms. The molecule has 0 aliphatic carbocycles. The number of ether oxygens (including phenoxy) is 1. The van der Waals surface area contributed by atoms with Gasteiger partial charge < -0.3 is 9.57 Å². The second-order valence-electron chi connectivity index (χ2n) is 5.78. The Balaban J connectivity index is 1.56. The van der Waals surface area contributed by atoms with Crippen LogP contribution in [-0.2, 0) is 4.84 Å². The van der Waals surface area contributed by atoms with Crippen molar-refractivity contribution >= 4 is 34.9 Å². The van der Waals surface area contributed by atoms with Crippen molar-refractivity contribution in [3.8, 4) is 5.75 Å². The minimum atomic E-state index is -0.554. The Labute approximate surface area is 171 Å². The Morgan fingerprint density at radius 3 is 2.34 bits per heavy atom. The van der Waals surface area contributed by atoms with E-state index in [0.717, 1.165) is 0 Å². The van der Waals surface area contributed by atoms with Crippen LogP contribution in [0.2, 0.25) is 5.02 Å². The first kappa shape index (κ1) is 20.0. The molecule has 3 aromatic carbocycles. The van der Waals surface area contributed by atoms with Crippen LogP contribution in [-0.4, -0.2) is 19.0 Å². The predicted molar refractivity (Wildman–Crippen MR) is 109 cm³/mol. The van der Waals surface area contributed by atoms with Crippen molar-refractivity contribution in [1.82, 2.24) is 0 Å². The molecule has 0 aromatic heterocycles. The van der Waals surface area contributed by atoms with Gasteiger partial charge in [-0.1, -0.05) is 17.7 Å². The maximum absolute atomic E-state index is 12.1. The Morgan fingerprint density at radius 1 is 0.931 bits per heavy atom. The summed E-state index contributed by atoms with van der Waals surface area (Å²) in [5.74, 6) is -0.473. The first-order valence-corrected chi connectivity index (χ1v) is 8.86. The lowest BCUT2D eigenvalue weighted by molar-refractivity contribution is 0.0596. The summed E-state index contributed by atoms with van der Waals surface area (Å²) in [6.45, 7) is 0. The monoisotopic (exact) mass is 409 g/mol. The van der Waals surface area contributed by atoms with Gasteiger partial charge in [-0.2, -0.15) is 0 Å². The van der Waals surface area contributed by atoms with E-state index >= 15 is 0 Å². The van der Waals surface area contributed by atoms with E-state index in [0.29, 0.717) is 33.3 Å². The van der Waals surface area contributed by atoms with Gasteiger partial charge in [-0.15, -0.1) is 10.2 Å². The minimum Gasteiger partial charge on any atom is -0.497 e. The number of azo groups is 1. The summed E-state index contributed by atoms with van der Waals surface area (Å²) < 4.78 is 5.08. The Bertz CT molecular complexity index is 1030. The van der Waals surface area contributed by atoms with E-state index in [2.05, 4.69) is 15.7 Å². The Kier molecular flexibility index (Phi) is 6.55. The summed E-state index contributed by atoms with van der Waals surface area (Å²) in [5, 5.41) is 8.12. The number of methoxy groups -OCH3 is 1. The SMILES string of the molecule is COc1cccc(C(=O)ONc2ccc(N=NC(=O)c3ccc(Cl)cc3)cc2)c1. The van der Waals surface area contributed by atoms with E-state index in [9.17, 15) is 9.59 Å². The Hall–Kier alpha value is -3.71. The highest BCUT2D eigenvalue weighted by molar-refractivity contribution is 6.30. The van der Waals surface area contributed by atoms with E-state index in [4.69, 9.17) is 21.2 Å². The molecule has 0 saturated carbocycles. The van der Waals surface area contributed by atoms with Gasteiger partial charge in [0, 0.05) is 10.6 Å². The molecular formula is C21H16ClN3O4. The van der Waals surface area contributed by atoms with Gasteiger partial charge in [-0.05, 0) is 66.7 Å². The first-order chi connectivity index (χ1) is 14.0. The van der Waals surface area contributed by atoms with Gasteiger partial charge in [0.1, 0.15) is 5.75 Å². The van der Waals surface area contributed by atoms with Crippen molar-refractivity contribution in [2.75, 3.05) is 12.6 Å². The van der Waals surface area contributed by atoms with Crippen molar-refractivity contribution < 1.29 is 19.2 Å². The molecule has 7 nitrogen and oxygen atoms in total. The number of hydrogen-bond acceptors (Lipinski definition) is 6. The maximum Gasteiger partial charge on any atom is 0.362 e. The van der Waals surface area contributed by atoms with Gasteiger partial charge >= 0.3 is 5.97 Å². The number of benzene rings is 3. The summed E-state index contributed by atoms with van der Waals surface area (Å²) >= 11 is 5.79. The van der Waals surface area contributed by atoms with E-state index in [1.807, 2.05) is 0 Å². The van der Waals surface area contributed by atoms with Crippen LogP contribution in [0.1, 0.15) is 20.7 Å². The fourth-order valence-electron chi connectivity index (χ4n) is 2.26. The molecule has 0 radical (unpaired) electrons. The lowest BCUT2D eigenvalue weighted by Gasteiger charge is -2.07. The number of nitrogens with zero attached hydrogens (tertiary/aromatic N) is 2. The first-order valence-electron chi connectivity index (χ1n) is 8.48. The van der Waals surface area contributed by atoms with Crippen molar-refractivity contribution in [3.05, 3.63) is 88.9 Å². The summed E-state index contributed by atoms with van der Waals surface area (Å²) in [5.41, 5.74) is 4.30. The molecule has 0 fully saturated rings. The molecule has 146 valence electrons. The molecule has 3 aromatic rings. The highest BCUT2D eigenvalue weighted by Gasteiger charge is 2.09. The standard InChI is InChI=1S/C21H16ClN3O4/c1-28-19-4-2-3-15(13-19)21(27)29-25-18-11-9-17(10-12-18)23-24-20(26)14-5-7-16(22)8-6-14/h2-13,25H,1H3. The molecule has 3 rings (SSSR count). The molecule has 0 atom stereocenters. The number of hydrogen-bond donors (Lipinski definition) is 1.